The Bertz CT molecular complexity index is 506. The van der Waals surface area contributed by atoms with Crippen LogP contribution in [0.5, 0.6) is 0 Å². The highest BCUT2D eigenvalue weighted by molar-refractivity contribution is 6.06. The van der Waals surface area contributed by atoms with E-state index < -0.39 is 28.7 Å². The van der Waals surface area contributed by atoms with Gasteiger partial charge >= 0.3 is 0 Å². The van der Waals surface area contributed by atoms with Crippen LogP contribution in [0.15, 0.2) is 0 Å². The minimum atomic E-state index is -1.15. The van der Waals surface area contributed by atoms with Gasteiger partial charge in [-0.05, 0) is 51.4 Å². The third-order valence-electron chi connectivity index (χ3n) is 5.77. The quantitative estimate of drug-likeness (QED) is 0.517. The van der Waals surface area contributed by atoms with Gasteiger partial charge in [-0.15, -0.1) is 0 Å². The Kier molecular flexibility index (Phi) is 6.76. The van der Waals surface area contributed by atoms with E-state index >= 15 is 0 Å². The molecule has 28 heavy (non-hydrogen) atoms. The van der Waals surface area contributed by atoms with E-state index in [2.05, 4.69) is 10.6 Å². The standard InChI is InChI=1S/C22H42N2O4/c1-18(2,3)14(20(7,8)27)23-16(25)22(12-11-13-22)17(26)24-15(19(4,5)6)21(9,10)28/h14-15,27-28H,11-13H2,1-10H3,(H,23,25)(H,24,26)/t14-,15-/m1/s1. The molecule has 0 spiro atoms. The molecule has 2 amide bonds. The molecule has 6 heteroatoms. The Labute approximate surface area is 170 Å². The second kappa shape index (κ2) is 7.60. The summed E-state index contributed by atoms with van der Waals surface area (Å²) in [6.45, 7) is 18.4. The van der Waals surface area contributed by atoms with Crippen LogP contribution in [-0.2, 0) is 9.59 Å². The molecule has 0 aromatic carbocycles. The molecule has 0 aliphatic heterocycles. The summed E-state index contributed by atoms with van der Waals surface area (Å²) in [5, 5.41) is 27.1. The van der Waals surface area contributed by atoms with Crippen molar-refractivity contribution in [1.82, 2.24) is 10.6 Å². The zero-order valence-corrected chi connectivity index (χ0v) is 19.5. The monoisotopic (exact) mass is 398 g/mol. The maximum Gasteiger partial charge on any atom is 0.236 e. The fraction of sp³-hybridized carbons (Fsp3) is 0.909. The van der Waals surface area contributed by atoms with Crippen LogP contribution in [0.3, 0.4) is 0 Å². The first-order chi connectivity index (χ1) is 12.2. The van der Waals surface area contributed by atoms with Crippen molar-refractivity contribution in [3.8, 4) is 0 Å². The maximum absolute atomic E-state index is 13.2. The molecule has 1 fully saturated rings. The number of carbonyl (C=O) groups excluding carboxylic acids is 2. The smallest absolute Gasteiger partial charge is 0.236 e. The van der Waals surface area contributed by atoms with Gasteiger partial charge in [0.25, 0.3) is 0 Å². The SMILES string of the molecule is CC(C)(C)[C@@H](NC(=O)C1(C(=O)N[C@H](C(C)(C)C)C(C)(C)O)CCC1)C(C)(C)O. The summed E-state index contributed by atoms with van der Waals surface area (Å²) in [4.78, 5) is 26.5. The normalized spacial score (nSPS) is 20.0. The predicted octanol–water partition coefficient (Wildman–Crippen LogP) is 2.76. The van der Waals surface area contributed by atoms with Gasteiger partial charge in [0.2, 0.25) is 11.8 Å². The minimum Gasteiger partial charge on any atom is -0.388 e. The summed E-state index contributed by atoms with van der Waals surface area (Å²) in [5.74, 6) is -0.691. The van der Waals surface area contributed by atoms with Crippen molar-refractivity contribution >= 4 is 11.8 Å². The van der Waals surface area contributed by atoms with E-state index in [4.69, 9.17) is 0 Å². The summed E-state index contributed by atoms with van der Waals surface area (Å²) < 4.78 is 0. The summed E-state index contributed by atoms with van der Waals surface area (Å²) in [5.41, 5.74) is -4.16. The van der Waals surface area contributed by atoms with Crippen LogP contribution in [0.4, 0.5) is 0 Å². The van der Waals surface area contributed by atoms with Gasteiger partial charge in [0, 0.05) is 0 Å². The summed E-state index contributed by atoms with van der Waals surface area (Å²) >= 11 is 0. The second-order valence-electron chi connectivity index (χ2n) is 11.8. The van der Waals surface area contributed by atoms with Crippen LogP contribution >= 0.6 is 0 Å². The third-order valence-corrected chi connectivity index (χ3v) is 5.77. The molecule has 164 valence electrons. The molecule has 4 N–H and O–H groups in total. The van der Waals surface area contributed by atoms with Crippen LogP contribution in [0.1, 0.15) is 88.5 Å². The maximum atomic E-state index is 13.2. The van der Waals surface area contributed by atoms with Gasteiger partial charge in [-0.25, -0.2) is 0 Å². The molecule has 2 atom stereocenters. The van der Waals surface area contributed by atoms with Gasteiger partial charge in [-0.3, -0.25) is 9.59 Å². The first-order valence-corrected chi connectivity index (χ1v) is 10.3. The molecular formula is C22H42N2O4. The van der Waals surface area contributed by atoms with Crippen molar-refractivity contribution in [3.05, 3.63) is 0 Å². The number of rotatable bonds is 6. The average molecular weight is 399 g/mol. The van der Waals surface area contributed by atoms with Gasteiger partial charge in [0.05, 0.1) is 23.3 Å². The van der Waals surface area contributed by atoms with Crippen molar-refractivity contribution in [1.29, 1.82) is 0 Å². The number of carbonyl (C=O) groups is 2. The molecular weight excluding hydrogens is 356 g/mol. The molecule has 0 unspecified atom stereocenters. The molecule has 0 saturated heterocycles. The van der Waals surface area contributed by atoms with Crippen molar-refractivity contribution in [2.24, 2.45) is 16.2 Å². The Morgan fingerprint density at radius 2 is 1.00 bits per heavy atom. The van der Waals surface area contributed by atoms with E-state index in [-0.39, 0.29) is 22.6 Å². The molecule has 0 radical (unpaired) electrons. The van der Waals surface area contributed by atoms with Crippen LogP contribution in [0, 0.1) is 16.2 Å². The fourth-order valence-corrected chi connectivity index (χ4v) is 4.53. The highest BCUT2D eigenvalue weighted by Gasteiger charge is 2.54. The van der Waals surface area contributed by atoms with E-state index in [0.29, 0.717) is 12.8 Å². The Hall–Kier alpha value is -1.14. The molecule has 1 rings (SSSR count). The van der Waals surface area contributed by atoms with Gasteiger partial charge in [0.1, 0.15) is 5.41 Å². The van der Waals surface area contributed by atoms with Gasteiger partial charge in [-0.2, -0.15) is 0 Å². The molecule has 0 aromatic heterocycles. The lowest BCUT2D eigenvalue weighted by atomic mass is 9.65. The van der Waals surface area contributed by atoms with Crippen LogP contribution in [-0.4, -0.2) is 45.3 Å². The topological polar surface area (TPSA) is 98.7 Å². The predicted molar refractivity (Wildman–Crippen MR) is 112 cm³/mol. The van der Waals surface area contributed by atoms with Crippen molar-refractivity contribution in [3.63, 3.8) is 0 Å². The lowest BCUT2D eigenvalue weighted by Gasteiger charge is -2.47. The molecule has 6 nitrogen and oxygen atoms in total. The summed E-state index contributed by atoms with van der Waals surface area (Å²) in [6, 6.07) is -1.02. The van der Waals surface area contributed by atoms with Gasteiger partial charge in [-0.1, -0.05) is 48.0 Å². The van der Waals surface area contributed by atoms with Crippen LogP contribution < -0.4 is 10.6 Å². The van der Waals surface area contributed by atoms with E-state index in [1.54, 1.807) is 27.7 Å². The average Bonchev–Trinajstić information content (AvgIpc) is 2.35. The molecule has 1 aliphatic carbocycles. The van der Waals surface area contributed by atoms with E-state index in [1.165, 1.54) is 0 Å². The lowest BCUT2D eigenvalue weighted by molar-refractivity contribution is -0.154. The zero-order chi connectivity index (χ0) is 22.3. The highest BCUT2D eigenvalue weighted by atomic mass is 16.3. The molecule has 1 saturated carbocycles. The van der Waals surface area contributed by atoms with Gasteiger partial charge < -0.3 is 20.8 Å². The van der Waals surface area contributed by atoms with Crippen LogP contribution in [0.25, 0.3) is 0 Å². The second-order valence-corrected chi connectivity index (χ2v) is 11.8. The Balaban J connectivity index is 3.12. The Morgan fingerprint density at radius 1 is 0.714 bits per heavy atom. The number of hydrogen-bond acceptors (Lipinski definition) is 4. The minimum absolute atomic E-state index is 0.346. The number of amides is 2. The number of hydrogen-bond donors (Lipinski definition) is 4. The van der Waals surface area contributed by atoms with Crippen LogP contribution in [0.2, 0.25) is 0 Å². The number of nitrogens with one attached hydrogen (secondary N) is 2. The molecule has 0 aromatic rings. The van der Waals surface area contributed by atoms with E-state index in [1.807, 2.05) is 41.5 Å². The molecule has 0 heterocycles. The Morgan fingerprint density at radius 3 is 1.14 bits per heavy atom. The molecule has 0 bridgehead atoms. The fourth-order valence-electron chi connectivity index (χ4n) is 4.53. The third kappa shape index (κ3) is 5.47. The first-order valence-electron chi connectivity index (χ1n) is 10.3. The summed E-state index contributed by atoms with van der Waals surface area (Å²) in [7, 11) is 0. The lowest BCUT2D eigenvalue weighted by Crippen LogP contribution is -2.65. The molecule has 1 aliphatic rings. The van der Waals surface area contributed by atoms with Gasteiger partial charge in [0.15, 0.2) is 0 Å². The van der Waals surface area contributed by atoms with E-state index in [0.717, 1.165) is 6.42 Å². The van der Waals surface area contributed by atoms with Crippen molar-refractivity contribution < 1.29 is 19.8 Å². The summed E-state index contributed by atoms with van der Waals surface area (Å²) in [6.07, 6.45) is 1.73. The zero-order valence-electron chi connectivity index (χ0n) is 19.5. The van der Waals surface area contributed by atoms with E-state index in [9.17, 15) is 19.8 Å². The van der Waals surface area contributed by atoms with Crippen molar-refractivity contribution in [2.45, 2.75) is 112 Å². The number of aliphatic hydroxyl groups is 2. The van der Waals surface area contributed by atoms with Crippen molar-refractivity contribution in [2.75, 3.05) is 0 Å². The highest BCUT2D eigenvalue weighted by Crippen LogP contribution is 2.43. The largest absolute Gasteiger partial charge is 0.388 e. The first kappa shape index (κ1) is 24.9.